The topological polar surface area (TPSA) is 115 Å². The number of imidazole rings is 1. The number of aromatic nitrogens is 4. The summed E-state index contributed by atoms with van der Waals surface area (Å²) >= 11 is 0. The highest BCUT2D eigenvalue weighted by Crippen LogP contribution is 2.31. The van der Waals surface area contributed by atoms with Crippen LogP contribution in [0.5, 0.6) is 11.6 Å². The van der Waals surface area contributed by atoms with Gasteiger partial charge in [0, 0.05) is 30.8 Å². The third-order valence-electron chi connectivity index (χ3n) is 7.21. The Morgan fingerprint density at radius 2 is 1.95 bits per heavy atom. The minimum atomic E-state index is -3.08. The number of rotatable bonds is 9. The number of hydrogen-bond donors (Lipinski definition) is 0. The van der Waals surface area contributed by atoms with Crippen molar-refractivity contribution in [2.45, 2.75) is 38.5 Å². The number of benzene rings is 2. The molecular weight excluding hydrogens is 553 g/mol. The summed E-state index contributed by atoms with van der Waals surface area (Å²) in [5.41, 5.74) is 1.36. The summed E-state index contributed by atoms with van der Waals surface area (Å²) < 4.78 is 57.2. The van der Waals surface area contributed by atoms with E-state index in [4.69, 9.17) is 14.7 Å². The molecule has 13 heteroatoms. The Hall–Kier alpha value is -4.70. The fourth-order valence-electron chi connectivity index (χ4n) is 4.94. The van der Waals surface area contributed by atoms with Crippen molar-refractivity contribution in [2.75, 3.05) is 20.2 Å². The Labute approximate surface area is 239 Å². The van der Waals surface area contributed by atoms with E-state index >= 15 is 0 Å². The van der Waals surface area contributed by atoms with Gasteiger partial charge in [0.1, 0.15) is 29.6 Å². The first kappa shape index (κ1) is 28.8. The Kier molecular flexibility index (Phi) is 8.53. The first-order chi connectivity index (χ1) is 20.2. The number of carbonyl (C=O) groups is 1. The molecule has 1 aliphatic heterocycles. The molecule has 0 amide bonds. The van der Waals surface area contributed by atoms with Gasteiger partial charge in [-0.15, -0.1) is 0 Å². The molecule has 10 nitrogen and oxygen atoms in total. The summed E-state index contributed by atoms with van der Waals surface area (Å²) in [5, 5.41) is 8.90. The van der Waals surface area contributed by atoms with E-state index in [-0.39, 0.29) is 34.9 Å². The highest BCUT2D eigenvalue weighted by Gasteiger charge is 2.25. The predicted octanol–water partition coefficient (Wildman–Crippen LogP) is 4.72. The zero-order valence-corrected chi connectivity index (χ0v) is 22.9. The van der Waals surface area contributed by atoms with Crippen LogP contribution in [0.3, 0.4) is 0 Å². The summed E-state index contributed by atoms with van der Waals surface area (Å²) in [6.07, 6.45) is 3.15. The van der Waals surface area contributed by atoms with Gasteiger partial charge in [0.05, 0.1) is 36.4 Å². The molecule has 4 aromatic rings. The van der Waals surface area contributed by atoms with E-state index in [2.05, 4.69) is 24.6 Å². The Morgan fingerprint density at radius 1 is 1.17 bits per heavy atom. The lowest BCUT2D eigenvalue weighted by molar-refractivity contribution is -0.0489. The third-order valence-corrected chi connectivity index (χ3v) is 7.21. The number of carbonyl (C=O) groups excluding carboxylic acids is 1. The molecule has 0 bridgehead atoms. The maximum atomic E-state index is 14.2. The molecule has 0 unspecified atom stereocenters. The van der Waals surface area contributed by atoms with Crippen molar-refractivity contribution in [1.82, 2.24) is 24.4 Å². The number of esters is 1. The van der Waals surface area contributed by atoms with E-state index in [0.29, 0.717) is 48.2 Å². The van der Waals surface area contributed by atoms with Crippen LogP contribution in [-0.2, 0) is 24.9 Å². The molecule has 0 saturated carbocycles. The number of likely N-dealkylation sites (tertiary alicyclic amines) is 1. The zero-order valence-electron chi connectivity index (χ0n) is 22.9. The molecule has 0 radical (unpaired) electrons. The number of fused-ring (bicyclic) bond motifs is 1. The zero-order chi connectivity index (χ0) is 29.8. The molecule has 5 rings (SSSR count). The van der Waals surface area contributed by atoms with Gasteiger partial charge in [-0.1, -0.05) is 6.07 Å². The number of halogens is 3. The largest absolute Gasteiger partial charge is 0.473 e. The smallest absolute Gasteiger partial charge is 0.387 e. The van der Waals surface area contributed by atoms with Crippen molar-refractivity contribution >= 4 is 17.0 Å². The van der Waals surface area contributed by atoms with E-state index in [1.807, 2.05) is 6.07 Å². The van der Waals surface area contributed by atoms with Gasteiger partial charge in [-0.3, -0.25) is 4.90 Å². The Morgan fingerprint density at radius 3 is 2.64 bits per heavy atom. The number of ether oxygens (including phenoxy) is 3. The molecule has 0 spiro atoms. The van der Waals surface area contributed by atoms with Gasteiger partial charge < -0.3 is 18.8 Å². The van der Waals surface area contributed by atoms with Crippen molar-refractivity contribution < 1.29 is 32.2 Å². The highest BCUT2D eigenvalue weighted by atomic mass is 19.3. The van der Waals surface area contributed by atoms with Gasteiger partial charge in [0.15, 0.2) is 5.75 Å². The van der Waals surface area contributed by atoms with Gasteiger partial charge >= 0.3 is 12.6 Å². The average Bonchev–Trinajstić information content (AvgIpc) is 3.31. The fourth-order valence-corrected chi connectivity index (χ4v) is 4.94. The van der Waals surface area contributed by atoms with Gasteiger partial charge in [0.2, 0.25) is 5.88 Å². The number of nitriles is 1. The molecule has 1 saturated heterocycles. The van der Waals surface area contributed by atoms with Crippen LogP contribution in [0.15, 0.2) is 42.6 Å². The summed E-state index contributed by atoms with van der Waals surface area (Å²) in [6.45, 7) is -1.22. The molecule has 1 fully saturated rings. The van der Waals surface area contributed by atoms with Crippen LogP contribution in [-0.4, -0.2) is 57.2 Å². The first-order valence-corrected chi connectivity index (χ1v) is 13.1. The Bertz CT molecular complexity index is 1650. The average molecular weight is 581 g/mol. The number of nitrogens with zero attached hydrogens (tertiary/aromatic N) is 6. The van der Waals surface area contributed by atoms with Crippen LogP contribution >= 0.6 is 0 Å². The quantitative estimate of drug-likeness (QED) is 0.259. The lowest BCUT2D eigenvalue weighted by Crippen LogP contribution is -2.33. The number of piperidine rings is 1. The van der Waals surface area contributed by atoms with Crippen LogP contribution in [0.2, 0.25) is 0 Å². The molecule has 0 aliphatic carbocycles. The number of aryl methyl sites for hydroxylation is 1. The van der Waals surface area contributed by atoms with Gasteiger partial charge in [-0.25, -0.2) is 19.2 Å². The standard InChI is InChI=1S/C29H27F3N6O4/c1-37-22-12-20(28(39)40-2)13-23(42-29(31)32)26(22)35-24(37)15-38-9-6-18(7-10-38)27-34-8-5-25(36-27)41-16-19-4-3-17(14-33)11-21(19)30/h3-5,8,11-13,18,29H,6-7,9-10,15-16H2,1-2H3. The van der Waals surface area contributed by atoms with E-state index in [9.17, 15) is 18.0 Å². The fraction of sp³-hybridized carbons (Fsp3) is 0.345. The molecule has 2 aromatic heterocycles. The summed E-state index contributed by atoms with van der Waals surface area (Å²) in [7, 11) is 2.97. The Balaban J connectivity index is 1.24. The van der Waals surface area contributed by atoms with Crippen LogP contribution in [0, 0.1) is 17.1 Å². The summed E-state index contributed by atoms with van der Waals surface area (Å²) in [6, 6.07) is 10.5. The van der Waals surface area contributed by atoms with Gasteiger partial charge in [-0.2, -0.15) is 19.0 Å². The van der Waals surface area contributed by atoms with E-state index in [1.165, 1.54) is 31.4 Å². The van der Waals surface area contributed by atoms with Crippen molar-refractivity contribution in [2.24, 2.45) is 7.05 Å². The van der Waals surface area contributed by atoms with Crippen LogP contribution in [0.1, 0.15) is 51.9 Å². The van der Waals surface area contributed by atoms with Crippen LogP contribution < -0.4 is 9.47 Å². The predicted molar refractivity (Wildman–Crippen MR) is 143 cm³/mol. The molecule has 218 valence electrons. The molecule has 0 atom stereocenters. The number of methoxy groups -OCH3 is 1. The molecule has 3 heterocycles. The molecule has 1 aliphatic rings. The molecular formula is C29H27F3N6O4. The van der Waals surface area contributed by atoms with E-state index in [1.54, 1.807) is 29.9 Å². The van der Waals surface area contributed by atoms with Crippen molar-refractivity contribution in [3.63, 3.8) is 0 Å². The molecule has 2 aromatic carbocycles. The van der Waals surface area contributed by atoms with E-state index in [0.717, 1.165) is 12.8 Å². The van der Waals surface area contributed by atoms with Crippen LogP contribution in [0.25, 0.3) is 11.0 Å². The maximum absolute atomic E-state index is 14.2. The number of hydrogen-bond acceptors (Lipinski definition) is 9. The van der Waals surface area contributed by atoms with Crippen molar-refractivity contribution in [1.29, 1.82) is 5.26 Å². The second-order valence-electron chi connectivity index (χ2n) is 9.81. The minimum absolute atomic E-state index is 0.0321. The van der Waals surface area contributed by atoms with Crippen LogP contribution in [0.4, 0.5) is 13.2 Å². The molecule has 0 N–H and O–H groups in total. The minimum Gasteiger partial charge on any atom is -0.473 e. The number of alkyl halides is 2. The second-order valence-corrected chi connectivity index (χ2v) is 9.81. The lowest BCUT2D eigenvalue weighted by atomic mass is 9.96. The lowest BCUT2D eigenvalue weighted by Gasteiger charge is -2.30. The van der Waals surface area contributed by atoms with Crippen molar-refractivity contribution in [3.05, 3.63) is 76.8 Å². The van der Waals surface area contributed by atoms with Gasteiger partial charge in [-0.05, 0) is 50.2 Å². The normalized spacial score (nSPS) is 14.2. The highest BCUT2D eigenvalue weighted by molar-refractivity contribution is 5.96. The SMILES string of the molecule is COC(=O)c1cc(OC(F)F)c2nc(CN3CCC(c4nccc(OCc5ccc(C#N)cc5F)n4)CC3)n(C)c2c1. The summed E-state index contributed by atoms with van der Waals surface area (Å²) in [5.74, 6) is 0.316. The third kappa shape index (κ3) is 6.28. The van der Waals surface area contributed by atoms with E-state index < -0.39 is 18.4 Å². The second kappa shape index (κ2) is 12.4. The van der Waals surface area contributed by atoms with Gasteiger partial charge in [0.25, 0.3) is 0 Å². The van der Waals surface area contributed by atoms with Crippen molar-refractivity contribution in [3.8, 4) is 17.7 Å². The maximum Gasteiger partial charge on any atom is 0.387 e. The first-order valence-electron chi connectivity index (χ1n) is 13.1. The molecule has 42 heavy (non-hydrogen) atoms. The monoisotopic (exact) mass is 580 g/mol. The summed E-state index contributed by atoms with van der Waals surface area (Å²) in [4.78, 5) is 27.8.